The first-order valence-corrected chi connectivity index (χ1v) is 10.9. The monoisotopic (exact) mass is 459 g/mol. The third-order valence-corrected chi connectivity index (χ3v) is 5.45. The van der Waals surface area contributed by atoms with Crippen molar-refractivity contribution in [1.82, 2.24) is 4.90 Å². The van der Waals surface area contributed by atoms with E-state index in [-0.39, 0.29) is 17.9 Å². The fraction of sp³-hybridized carbons (Fsp3) is 0.185. The first-order chi connectivity index (χ1) is 16.5. The average molecular weight is 459 g/mol. The smallest absolute Gasteiger partial charge is 0.296 e. The average Bonchev–Trinajstić information content (AvgIpc) is 3.46. The predicted molar refractivity (Wildman–Crippen MR) is 126 cm³/mol. The van der Waals surface area contributed by atoms with Crippen molar-refractivity contribution < 1.29 is 28.6 Å². The maximum Gasteiger partial charge on any atom is 0.296 e. The summed E-state index contributed by atoms with van der Waals surface area (Å²) in [4.78, 5) is 27.6. The van der Waals surface area contributed by atoms with Gasteiger partial charge in [-0.3, -0.25) is 9.59 Å². The lowest BCUT2D eigenvalue weighted by atomic mass is 9.95. The van der Waals surface area contributed by atoms with Crippen molar-refractivity contribution in [2.75, 3.05) is 13.2 Å². The molecule has 1 aliphatic rings. The minimum atomic E-state index is -0.794. The number of carbonyl (C=O) groups excluding carboxylic acids is 2. The van der Waals surface area contributed by atoms with Crippen LogP contribution in [0.15, 0.2) is 89.6 Å². The summed E-state index contributed by atoms with van der Waals surface area (Å²) in [6, 6.07) is 16.4. The summed E-state index contributed by atoms with van der Waals surface area (Å²) in [5.41, 5.74) is 1.08. The molecule has 2 heterocycles. The van der Waals surface area contributed by atoms with E-state index >= 15 is 0 Å². The quantitative estimate of drug-likeness (QED) is 0.213. The number of nitrogens with zero attached hydrogens (tertiary/aromatic N) is 1. The molecule has 1 unspecified atom stereocenters. The van der Waals surface area contributed by atoms with Crippen LogP contribution in [0.25, 0.3) is 5.76 Å². The minimum absolute atomic E-state index is 0.0143. The molecule has 34 heavy (non-hydrogen) atoms. The van der Waals surface area contributed by atoms with E-state index < -0.39 is 17.7 Å². The molecule has 1 atom stereocenters. The number of hydrogen-bond acceptors (Lipinski definition) is 6. The molecular weight excluding hydrogens is 434 g/mol. The summed E-state index contributed by atoms with van der Waals surface area (Å²) >= 11 is 0. The van der Waals surface area contributed by atoms with Crippen LogP contribution in [0.2, 0.25) is 0 Å². The Morgan fingerprint density at radius 1 is 1.06 bits per heavy atom. The zero-order valence-electron chi connectivity index (χ0n) is 18.8. The first kappa shape index (κ1) is 22.9. The number of aliphatic hydroxyl groups is 1. The van der Waals surface area contributed by atoms with E-state index in [9.17, 15) is 14.7 Å². The number of ether oxygens (including phenoxy) is 2. The van der Waals surface area contributed by atoms with Crippen LogP contribution in [-0.2, 0) is 16.1 Å². The van der Waals surface area contributed by atoms with E-state index in [0.29, 0.717) is 41.6 Å². The van der Waals surface area contributed by atoms with Gasteiger partial charge in [-0.1, -0.05) is 24.8 Å². The number of ketones is 1. The maximum atomic E-state index is 13.1. The predicted octanol–water partition coefficient (Wildman–Crippen LogP) is 4.87. The Labute approximate surface area is 197 Å². The molecule has 1 N–H and O–H groups in total. The van der Waals surface area contributed by atoms with E-state index in [1.54, 1.807) is 66.7 Å². The highest BCUT2D eigenvalue weighted by molar-refractivity contribution is 6.46. The first-order valence-electron chi connectivity index (χ1n) is 10.9. The lowest BCUT2D eigenvalue weighted by Gasteiger charge is -2.24. The molecule has 7 nitrogen and oxygen atoms in total. The molecule has 0 aliphatic carbocycles. The van der Waals surface area contributed by atoms with Crippen LogP contribution < -0.4 is 9.47 Å². The van der Waals surface area contributed by atoms with Crippen LogP contribution in [0.5, 0.6) is 11.5 Å². The Bertz CT molecular complexity index is 1190. The van der Waals surface area contributed by atoms with Gasteiger partial charge in [-0.25, -0.2) is 0 Å². The Kier molecular flexibility index (Phi) is 6.82. The topological polar surface area (TPSA) is 89.2 Å². The summed E-state index contributed by atoms with van der Waals surface area (Å²) in [6.07, 6.45) is 3.14. The molecule has 174 valence electrons. The number of furan rings is 1. The third-order valence-electron chi connectivity index (χ3n) is 5.45. The van der Waals surface area contributed by atoms with Gasteiger partial charge in [0.05, 0.1) is 31.0 Å². The molecule has 1 fully saturated rings. The largest absolute Gasteiger partial charge is 0.507 e. The Morgan fingerprint density at radius 2 is 1.74 bits per heavy atom. The van der Waals surface area contributed by atoms with Crippen LogP contribution >= 0.6 is 0 Å². The van der Waals surface area contributed by atoms with Gasteiger partial charge >= 0.3 is 0 Å². The van der Waals surface area contributed by atoms with Crippen molar-refractivity contribution in [3.8, 4) is 11.5 Å². The van der Waals surface area contributed by atoms with Gasteiger partial charge in [0.2, 0.25) is 0 Å². The summed E-state index contributed by atoms with van der Waals surface area (Å²) in [7, 11) is 0. The van der Waals surface area contributed by atoms with Gasteiger partial charge in [0.25, 0.3) is 11.7 Å². The highest BCUT2D eigenvalue weighted by Crippen LogP contribution is 2.40. The molecule has 0 bridgehead atoms. The van der Waals surface area contributed by atoms with Crippen LogP contribution in [0.3, 0.4) is 0 Å². The second-order valence-corrected chi connectivity index (χ2v) is 7.63. The fourth-order valence-corrected chi connectivity index (χ4v) is 3.89. The Balaban J connectivity index is 1.77. The second-order valence-electron chi connectivity index (χ2n) is 7.63. The minimum Gasteiger partial charge on any atom is -0.507 e. The van der Waals surface area contributed by atoms with E-state index in [1.807, 2.05) is 6.92 Å². The van der Waals surface area contributed by atoms with E-state index in [4.69, 9.17) is 13.9 Å². The van der Waals surface area contributed by atoms with Gasteiger partial charge in [-0.05, 0) is 61.0 Å². The Hall–Kier alpha value is -4.26. The normalized spacial score (nSPS) is 17.1. The SMILES string of the molecule is C=CCOc1ccc(/C(O)=C2\C(=O)C(=O)N(Cc3ccco3)C2c2ccc(OCC)cc2)cc1. The van der Waals surface area contributed by atoms with E-state index in [2.05, 4.69) is 6.58 Å². The van der Waals surface area contributed by atoms with Crippen molar-refractivity contribution in [1.29, 1.82) is 0 Å². The highest BCUT2D eigenvalue weighted by Gasteiger charge is 2.46. The molecule has 0 saturated carbocycles. The lowest BCUT2D eigenvalue weighted by Crippen LogP contribution is -2.29. The maximum absolute atomic E-state index is 13.1. The molecular formula is C27H25NO6. The molecule has 1 saturated heterocycles. The number of aliphatic hydroxyl groups excluding tert-OH is 1. The van der Waals surface area contributed by atoms with Gasteiger partial charge in [-0.15, -0.1) is 0 Å². The standard InChI is InChI=1S/C27H25NO6/c1-3-15-33-21-13-9-19(10-14-21)25(29)23-24(18-7-11-20(12-8-18)32-4-2)28(27(31)26(23)30)17-22-6-5-16-34-22/h3,5-14,16,24,29H,1,4,15,17H2,2H3/b25-23+. The summed E-state index contributed by atoms with van der Waals surface area (Å²) < 4.78 is 16.4. The zero-order valence-corrected chi connectivity index (χ0v) is 18.8. The van der Waals surface area contributed by atoms with Gasteiger partial charge in [-0.2, -0.15) is 0 Å². The van der Waals surface area contributed by atoms with Gasteiger partial charge in [0.15, 0.2) is 0 Å². The zero-order chi connectivity index (χ0) is 24.1. The number of hydrogen-bond donors (Lipinski definition) is 1. The van der Waals surface area contributed by atoms with Crippen molar-refractivity contribution in [3.05, 3.63) is 102 Å². The lowest BCUT2D eigenvalue weighted by molar-refractivity contribution is -0.140. The van der Waals surface area contributed by atoms with Crippen molar-refractivity contribution in [2.45, 2.75) is 19.5 Å². The second kappa shape index (κ2) is 10.1. The molecule has 0 radical (unpaired) electrons. The third kappa shape index (κ3) is 4.59. The van der Waals surface area contributed by atoms with Crippen LogP contribution in [0.4, 0.5) is 0 Å². The number of Topliss-reactive ketones (excluding diaryl/α,β-unsaturated/α-hetero) is 1. The summed E-state index contributed by atoms with van der Waals surface area (Å²) in [5.74, 6) is 0.0795. The van der Waals surface area contributed by atoms with E-state index in [0.717, 1.165) is 0 Å². The molecule has 4 rings (SSSR count). The number of likely N-dealkylation sites (tertiary alicyclic amines) is 1. The van der Waals surface area contributed by atoms with Crippen LogP contribution in [0, 0.1) is 0 Å². The molecule has 1 aliphatic heterocycles. The number of benzene rings is 2. The molecule has 1 aromatic heterocycles. The molecule has 2 aromatic carbocycles. The van der Waals surface area contributed by atoms with Crippen molar-refractivity contribution in [2.24, 2.45) is 0 Å². The Morgan fingerprint density at radius 3 is 2.35 bits per heavy atom. The number of rotatable bonds is 9. The van der Waals surface area contributed by atoms with Crippen LogP contribution in [0.1, 0.15) is 29.9 Å². The van der Waals surface area contributed by atoms with Gasteiger partial charge < -0.3 is 23.9 Å². The van der Waals surface area contributed by atoms with Crippen molar-refractivity contribution in [3.63, 3.8) is 0 Å². The molecule has 3 aromatic rings. The van der Waals surface area contributed by atoms with Gasteiger partial charge in [0.1, 0.15) is 29.6 Å². The molecule has 7 heteroatoms. The van der Waals surface area contributed by atoms with Crippen LogP contribution in [-0.4, -0.2) is 34.9 Å². The number of amides is 1. The summed E-state index contributed by atoms with van der Waals surface area (Å²) in [5, 5.41) is 11.2. The van der Waals surface area contributed by atoms with Gasteiger partial charge in [0, 0.05) is 5.56 Å². The molecule has 0 spiro atoms. The fourth-order valence-electron chi connectivity index (χ4n) is 3.89. The summed E-state index contributed by atoms with van der Waals surface area (Å²) in [6.45, 7) is 6.45. The molecule has 1 amide bonds. The van der Waals surface area contributed by atoms with Crippen molar-refractivity contribution >= 4 is 17.4 Å². The number of carbonyl (C=O) groups is 2. The highest BCUT2D eigenvalue weighted by atomic mass is 16.5. The van der Waals surface area contributed by atoms with E-state index in [1.165, 1.54) is 11.2 Å².